The van der Waals surface area contributed by atoms with Crippen molar-refractivity contribution >= 4 is 11.9 Å². The first kappa shape index (κ1) is 16.0. The lowest BCUT2D eigenvalue weighted by molar-refractivity contribution is 0.0609. The van der Waals surface area contributed by atoms with E-state index in [0.29, 0.717) is 6.61 Å². The minimum Gasteiger partial charge on any atom is -0.433 e. The Bertz CT molecular complexity index is 263. The van der Waals surface area contributed by atoms with Crippen LogP contribution in [0.4, 0.5) is 4.79 Å². The Morgan fingerprint density at radius 3 is 1.89 bits per heavy atom. The van der Waals surface area contributed by atoms with Gasteiger partial charge in [0.1, 0.15) is 0 Å². The number of oxime groups is 1. The van der Waals surface area contributed by atoms with Crippen molar-refractivity contribution in [1.82, 2.24) is 0 Å². The molecule has 0 aliphatic heterocycles. The molecule has 0 heterocycles. The summed E-state index contributed by atoms with van der Waals surface area (Å²) in [5, 5.41) is 3.97. The molecule has 1 aliphatic carbocycles. The van der Waals surface area contributed by atoms with Gasteiger partial charge in [-0.3, -0.25) is 4.84 Å². The molecule has 4 heteroatoms. The maximum Gasteiger partial charge on any atom is 0.535 e. The highest BCUT2D eigenvalue weighted by Crippen LogP contribution is 2.15. The normalized spacial score (nSPS) is 18.9. The van der Waals surface area contributed by atoms with Crippen molar-refractivity contribution in [3.05, 3.63) is 0 Å². The zero-order valence-corrected chi connectivity index (χ0v) is 12.2. The van der Waals surface area contributed by atoms with Gasteiger partial charge in [-0.05, 0) is 32.6 Å². The Balaban J connectivity index is 2.37. The molecule has 0 aromatic heterocycles. The lowest BCUT2D eigenvalue weighted by Gasteiger charge is -2.08. The van der Waals surface area contributed by atoms with E-state index in [-0.39, 0.29) is 0 Å². The molecule has 0 aromatic carbocycles. The third kappa shape index (κ3) is 8.62. The molecule has 0 amide bonds. The van der Waals surface area contributed by atoms with Gasteiger partial charge in [-0.25, -0.2) is 4.79 Å². The molecule has 0 saturated heterocycles. The van der Waals surface area contributed by atoms with Crippen LogP contribution >= 0.6 is 0 Å². The van der Waals surface area contributed by atoms with Crippen LogP contribution < -0.4 is 0 Å². The standard InChI is InChI=1S/C15H27NO3/c1-2-18-15(17)19-16-14-12-10-8-6-4-3-5-7-9-11-13-14/h2-13H2,1H3. The number of rotatable bonds is 2. The largest absolute Gasteiger partial charge is 0.535 e. The molecule has 0 N–H and O–H groups in total. The molecule has 0 atom stereocenters. The lowest BCUT2D eigenvalue weighted by atomic mass is 10.00. The average Bonchev–Trinajstić information content (AvgIpc) is 2.38. The lowest BCUT2D eigenvalue weighted by Crippen LogP contribution is -2.07. The third-order valence-electron chi connectivity index (χ3n) is 3.44. The zero-order chi connectivity index (χ0) is 13.8. The summed E-state index contributed by atoms with van der Waals surface area (Å²) in [7, 11) is 0. The van der Waals surface area contributed by atoms with Gasteiger partial charge in [-0.1, -0.05) is 50.1 Å². The summed E-state index contributed by atoms with van der Waals surface area (Å²) >= 11 is 0. The second-order valence-electron chi connectivity index (χ2n) is 5.11. The minimum atomic E-state index is -0.693. The van der Waals surface area contributed by atoms with E-state index in [9.17, 15) is 4.79 Å². The van der Waals surface area contributed by atoms with Crippen LogP contribution in [0.5, 0.6) is 0 Å². The Hall–Kier alpha value is -1.06. The molecule has 4 nitrogen and oxygen atoms in total. The number of hydrogen-bond donors (Lipinski definition) is 0. The van der Waals surface area contributed by atoms with Gasteiger partial charge in [0.15, 0.2) is 0 Å². The van der Waals surface area contributed by atoms with Crippen LogP contribution in [-0.4, -0.2) is 18.5 Å². The molecule has 0 bridgehead atoms. The second kappa shape index (κ2) is 10.8. The van der Waals surface area contributed by atoms with E-state index in [1.807, 2.05) is 0 Å². The third-order valence-corrected chi connectivity index (χ3v) is 3.44. The van der Waals surface area contributed by atoms with Crippen LogP contribution in [0.1, 0.15) is 77.6 Å². The number of ether oxygens (including phenoxy) is 1. The smallest absolute Gasteiger partial charge is 0.433 e. The molecule has 0 unspecified atom stereocenters. The average molecular weight is 269 g/mol. The number of hydrogen-bond acceptors (Lipinski definition) is 4. The molecule has 1 fully saturated rings. The molecule has 110 valence electrons. The van der Waals surface area contributed by atoms with Gasteiger partial charge in [-0.2, -0.15) is 0 Å². The van der Waals surface area contributed by atoms with Crippen LogP contribution in [0.2, 0.25) is 0 Å². The van der Waals surface area contributed by atoms with E-state index in [4.69, 9.17) is 9.57 Å². The van der Waals surface area contributed by atoms with Gasteiger partial charge in [0.25, 0.3) is 0 Å². The maximum absolute atomic E-state index is 11.1. The van der Waals surface area contributed by atoms with Crippen LogP contribution in [0.3, 0.4) is 0 Å². The Kier molecular flexibility index (Phi) is 9.11. The monoisotopic (exact) mass is 269 g/mol. The Labute approximate surface area is 116 Å². The topological polar surface area (TPSA) is 47.9 Å². The summed E-state index contributed by atoms with van der Waals surface area (Å²) in [6, 6.07) is 0. The molecule has 0 radical (unpaired) electrons. The second-order valence-corrected chi connectivity index (χ2v) is 5.11. The molecule has 1 saturated carbocycles. The van der Waals surface area contributed by atoms with Gasteiger partial charge >= 0.3 is 6.16 Å². The number of carbonyl (C=O) groups is 1. The fourth-order valence-electron chi connectivity index (χ4n) is 2.36. The van der Waals surface area contributed by atoms with Gasteiger partial charge in [0.05, 0.1) is 12.3 Å². The summed E-state index contributed by atoms with van der Waals surface area (Å²) in [6.45, 7) is 2.08. The highest BCUT2D eigenvalue weighted by molar-refractivity contribution is 5.84. The Morgan fingerprint density at radius 2 is 1.42 bits per heavy atom. The Morgan fingerprint density at radius 1 is 0.947 bits per heavy atom. The first-order chi connectivity index (χ1) is 9.33. The summed E-state index contributed by atoms with van der Waals surface area (Å²) in [5.74, 6) is 0. The van der Waals surface area contributed by atoms with Crippen molar-refractivity contribution in [3.63, 3.8) is 0 Å². The molecule has 0 spiro atoms. The van der Waals surface area contributed by atoms with Gasteiger partial charge < -0.3 is 4.74 Å². The predicted octanol–water partition coefficient (Wildman–Crippen LogP) is 4.82. The molecular weight excluding hydrogens is 242 g/mol. The maximum atomic E-state index is 11.1. The summed E-state index contributed by atoms with van der Waals surface area (Å²) in [6.07, 6.45) is 12.7. The highest BCUT2D eigenvalue weighted by atomic mass is 16.8. The molecule has 19 heavy (non-hydrogen) atoms. The predicted molar refractivity (Wildman–Crippen MR) is 76.3 cm³/mol. The van der Waals surface area contributed by atoms with E-state index in [1.54, 1.807) is 6.92 Å². The fraction of sp³-hybridized carbons (Fsp3) is 0.867. The van der Waals surface area contributed by atoms with Crippen molar-refractivity contribution in [3.8, 4) is 0 Å². The van der Waals surface area contributed by atoms with E-state index in [0.717, 1.165) is 31.4 Å². The van der Waals surface area contributed by atoms with Crippen molar-refractivity contribution in [2.45, 2.75) is 77.6 Å². The first-order valence-electron chi connectivity index (χ1n) is 7.72. The van der Waals surface area contributed by atoms with Gasteiger partial charge in [0, 0.05) is 0 Å². The molecule has 1 rings (SSSR count). The van der Waals surface area contributed by atoms with E-state index in [1.165, 1.54) is 44.9 Å². The van der Waals surface area contributed by atoms with Crippen molar-refractivity contribution < 1.29 is 14.4 Å². The van der Waals surface area contributed by atoms with Crippen LogP contribution in [-0.2, 0) is 9.57 Å². The van der Waals surface area contributed by atoms with Gasteiger partial charge in [0.2, 0.25) is 0 Å². The van der Waals surface area contributed by atoms with E-state index >= 15 is 0 Å². The van der Waals surface area contributed by atoms with Gasteiger partial charge in [-0.15, -0.1) is 0 Å². The molecule has 1 aliphatic rings. The molecular formula is C15H27NO3. The van der Waals surface area contributed by atoms with Crippen molar-refractivity contribution in [2.75, 3.05) is 6.61 Å². The van der Waals surface area contributed by atoms with Crippen LogP contribution in [0.15, 0.2) is 5.16 Å². The molecule has 0 aromatic rings. The first-order valence-corrected chi connectivity index (χ1v) is 7.72. The number of nitrogens with zero attached hydrogens (tertiary/aromatic N) is 1. The van der Waals surface area contributed by atoms with Crippen LogP contribution in [0, 0.1) is 0 Å². The number of carbonyl (C=O) groups excluding carboxylic acids is 1. The summed E-state index contributed by atoms with van der Waals surface area (Å²) < 4.78 is 4.70. The quantitative estimate of drug-likeness (QED) is 0.410. The zero-order valence-electron chi connectivity index (χ0n) is 12.2. The van der Waals surface area contributed by atoms with Crippen molar-refractivity contribution in [2.24, 2.45) is 5.16 Å². The SMILES string of the molecule is CCOC(=O)ON=C1CCCCCCCCCCC1. The minimum absolute atomic E-state index is 0.323. The van der Waals surface area contributed by atoms with Crippen molar-refractivity contribution in [1.29, 1.82) is 0 Å². The highest BCUT2D eigenvalue weighted by Gasteiger charge is 2.06. The van der Waals surface area contributed by atoms with Crippen LogP contribution in [0.25, 0.3) is 0 Å². The summed E-state index contributed by atoms with van der Waals surface area (Å²) in [5.41, 5.74) is 1.01. The van der Waals surface area contributed by atoms with E-state index in [2.05, 4.69) is 5.16 Å². The van der Waals surface area contributed by atoms with E-state index < -0.39 is 6.16 Å². The summed E-state index contributed by atoms with van der Waals surface area (Å²) in [4.78, 5) is 15.9. The fourth-order valence-corrected chi connectivity index (χ4v) is 2.36.